The molecule has 0 saturated heterocycles. The first-order valence-electron chi connectivity index (χ1n) is 4.79. The fourth-order valence-corrected chi connectivity index (χ4v) is 0.982. The first-order chi connectivity index (χ1) is 7.13. The lowest BCUT2D eigenvalue weighted by molar-refractivity contribution is -0.152. The number of hydrogen-bond donors (Lipinski definition) is 2. The quantitative estimate of drug-likeness (QED) is 0.461. The largest absolute Gasteiger partial charge is 0.462 e. The summed E-state index contributed by atoms with van der Waals surface area (Å²) in [5.74, 6) is -1.88. The highest BCUT2D eigenvalue weighted by atomic mass is 16.5. The Labute approximate surface area is 87.4 Å². The molecule has 84 valence electrons. The summed E-state index contributed by atoms with van der Waals surface area (Å²) in [6.07, 6.45) is 2.24. The van der Waals surface area contributed by atoms with Gasteiger partial charge in [-0.05, 0) is 12.8 Å². The number of nitrogens with one attached hydrogen (secondary N) is 2. The van der Waals surface area contributed by atoms with Gasteiger partial charge in [-0.25, -0.2) is 4.79 Å². The number of amides is 2. The normalized spacial score (nSPS) is 14.2. The summed E-state index contributed by atoms with van der Waals surface area (Å²) in [6, 6.07) is 0.314. The molecule has 2 N–H and O–H groups in total. The van der Waals surface area contributed by atoms with Gasteiger partial charge >= 0.3 is 11.9 Å². The average Bonchev–Trinajstić information content (AvgIpc) is 3.00. The lowest BCUT2D eigenvalue weighted by atomic mass is 10.4. The maximum absolute atomic E-state index is 11.1. The zero-order valence-corrected chi connectivity index (χ0v) is 8.54. The number of methoxy groups -OCH3 is 1. The summed E-state index contributed by atoms with van der Waals surface area (Å²) in [5.41, 5.74) is 0. The van der Waals surface area contributed by atoms with Crippen LogP contribution in [-0.2, 0) is 19.1 Å². The van der Waals surface area contributed by atoms with Crippen molar-refractivity contribution in [2.45, 2.75) is 25.3 Å². The van der Waals surface area contributed by atoms with Gasteiger partial charge in [0.25, 0.3) is 0 Å². The van der Waals surface area contributed by atoms with Gasteiger partial charge in [0.2, 0.25) is 5.91 Å². The SMILES string of the molecule is COC(=O)C(=O)NCCC(=O)NC1CC1. The molecule has 0 aromatic carbocycles. The predicted octanol–water partition coefficient (Wildman–Crippen LogP) is -1.06. The van der Waals surface area contributed by atoms with Crippen LogP contribution in [0.5, 0.6) is 0 Å². The van der Waals surface area contributed by atoms with E-state index in [1.54, 1.807) is 0 Å². The van der Waals surface area contributed by atoms with Crippen LogP contribution in [0.1, 0.15) is 19.3 Å². The van der Waals surface area contributed by atoms with Gasteiger partial charge in [-0.1, -0.05) is 0 Å². The minimum atomic E-state index is -0.947. The second kappa shape index (κ2) is 5.33. The van der Waals surface area contributed by atoms with Crippen LogP contribution in [0.2, 0.25) is 0 Å². The summed E-state index contributed by atoms with van der Waals surface area (Å²) < 4.78 is 4.19. The highest BCUT2D eigenvalue weighted by Gasteiger charge is 2.23. The van der Waals surface area contributed by atoms with Crippen LogP contribution in [0.25, 0.3) is 0 Å². The molecule has 1 aliphatic rings. The summed E-state index contributed by atoms with van der Waals surface area (Å²) in [6.45, 7) is 0.145. The zero-order chi connectivity index (χ0) is 11.3. The van der Waals surface area contributed by atoms with E-state index in [2.05, 4.69) is 15.4 Å². The molecular weight excluding hydrogens is 200 g/mol. The molecule has 1 rings (SSSR count). The Morgan fingerprint density at radius 3 is 2.53 bits per heavy atom. The second-order valence-corrected chi connectivity index (χ2v) is 3.34. The van der Waals surface area contributed by atoms with Crippen molar-refractivity contribution >= 4 is 17.8 Å². The van der Waals surface area contributed by atoms with E-state index < -0.39 is 11.9 Å². The minimum absolute atomic E-state index is 0.109. The van der Waals surface area contributed by atoms with E-state index in [-0.39, 0.29) is 18.9 Å². The molecule has 6 heteroatoms. The first kappa shape index (κ1) is 11.5. The van der Waals surface area contributed by atoms with Crippen molar-refractivity contribution in [3.8, 4) is 0 Å². The van der Waals surface area contributed by atoms with Crippen LogP contribution in [0.3, 0.4) is 0 Å². The van der Waals surface area contributed by atoms with Gasteiger partial charge in [0.05, 0.1) is 7.11 Å². The molecule has 0 heterocycles. The van der Waals surface area contributed by atoms with Crippen LogP contribution in [0, 0.1) is 0 Å². The zero-order valence-electron chi connectivity index (χ0n) is 8.54. The second-order valence-electron chi connectivity index (χ2n) is 3.34. The molecule has 0 bridgehead atoms. The van der Waals surface area contributed by atoms with E-state index in [0.29, 0.717) is 6.04 Å². The fraction of sp³-hybridized carbons (Fsp3) is 0.667. The maximum Gasteiger partial charge on any atom is 0.396 e. The monoisotopic (exact) mass is 214 g/mol. The van der Waals surface area contributed by atoms with Crippen molar-refractivity contribution in [1.29, 1.82) is 0 Å². The molecule has 0 atom stereocenters. The van der Waals surface area contributed by atoms with Crippen LogP contribution in [0.15, 0.2) is 0 Å². The maximum atomic E-state index is 11.1. The fourth-order valence-electron chi connectivity index (χ4n) is 0.982. The van der Waals surface area contributed by atoms with Gasteiger partial charge in [0.1, 0.15) is 0 Å². The highest BCUT2D eigenvalue weighted by molar-refractivity contribution is 6.32. The van der Waals surface area contributed by atoms with Crippen molar-refractivity contribution in [1.82, 2.24) is 10.6 Å². The van der Waals surface area contributed by atoms with Crippen molar-refractivity contribution in [2.75, 3.05) is 13.7 Å². The van der Waals surface area contributed by atoms with Crippen LogP contribution < -0.4 is 10.6 Å². The Bertz CT molecular complexity index is 273. The summed E-state index contributed by atoms with van der Waals surface area (Å²) in [5, 5.41) is 5.05. The average molecular weight is 214 g/mol. The molecule has 1 aliphatic carbocycles. The lowest BCUT2D eigenvalue weighted by Gasteiger charge is -2.04. The van der Waals surface area contributed by atoms with E-state index in [0.717, 1.165) is 20.0 Å². The minimum Gasteiger partial charge on any atom is -0.462 e. The van der Waals surface area contributed by atoms with Gasteiger partial charge in [-0.15, -0.1) is 0 Å². The van der Waals surface area contributed by atoms with Gasteiger partial charge in [-0.3, -0.25) is 9.59 Å². The third kappa shape index (κ3) is 4.44. The van der Waals surface area contributed by atoms with Gasteiger partial charge in [0, 0.05) is 19.0 Å². The van der Waals surface area contributed by atoms with Crippen molar-refractivity contribution in [3.63, 3.8) is 0 Å². The van der Waals surface area contributed by atoms with E-state index in [4.69, 9.17) is 0 Å². The molecule has 0 aromatic rings. The highest BCUT2D eigenvalue weighted by Crippen LogP contribution is 2.18. The Kier molecular flexibility index (Phi) is 4.08. The van der Waals surface area contributed by atoms with Crippen LogP contribution >= 0.6 is 0 Å². The molecule has 0 aromatic heterocycles. The van der Waals surface area contributed by atoms with E-state index in [9.17, 15) is 14.4 Å². The Hall–Kier alpha value is -1.59. The molecule has 0 radical (unpaired) electrons. The van der Waals surface area contributed by atoms with E-state index in [1.165, 1.54) is 0 Å². The Morgan fingerprint density at radius 2 is 2.00 bits per heavy atom. The summed E-state index contributed by atoms with van der Waals surface area (Å²) >= 11 is 0. The standard InChI is InChI=1S/C9H14N2O4/c1-15-9(14)8(13)10-5-4-7(12)11-6-2-3-6/h6H,2-5H2,1H3,(H,10,13)(H,11,12). The number of rotatable bonds is 4. The third-order valence-electron chi connectivity index (χ3n) is 1.95. The van der Waals surface area contributed by atoms with E-state index >= 15 is 0 Å². The number of hydrogen-bond acceptors (Lipinski definition) is 4. The topological polar surface area (TPSA) is 84.5 Å². The Morgan fingerprint density at radius 1 is 1.33 bits per heavy atom. The molecule has 1 fully saturated rings. The number of ether oxygens (including phenoxy) is 1. The molecule has 2 amide bonds. The van der Waals surface area contributed by atoms with Gasteiger partial charge in [-0.2, -0.15) is 0 Å². The van der Waals surface area contributed by atoms with Crippen molar-refractivity contribution in [3.05, 3.63) is 0 Å². The molecule has 0 aliphatic heterocycles. The van der Waals surface area contributed by atoms with Gasteiger partial charge in [0.15, 0.2) is 0 Å². The van der Waals surface area contributed by atoms with E-state index in [1.807, 2.05) is 0 Å². The molecule has 0 spiro atoms. The first-order valence-corrected chi connectivity index (χ1v) is 4.79. The molecule has 1 saturated carbocycles. The summed E-state index contributed by atoms with van der Waals surface area (Å²) in [4.78, 5) is 32.6. The summed E-state index contributed by atoms with van der Waals surface area (Å²) in [7, 11) is 1.13. The van der Waals surface area contributed by atoms with Crippen molar-refractivity contribution < 1.29 is 19.1 Å². The molecule has 15 heavy (non-hydrogen) atoms. The molecular formula is C9H14N2O4. The van der Waals surface area contributed by atoms with Crippen LogP contribution in [0.4, 0.5) is 0 Å². The number of carbonyl (C=O) groups is 3. The molecule has 0 unspecified atom stereocenters. The lowest BCUT2D eigenvalue weighted by Crippen LogP contribution is -2.35. The molecule has 6 nitrogen and oxygen atoms in total. The Balaban J connectivity index is 2.06. The van der Waals surface area contributed by atoms with Crippen LogP contribution in [-0.4, -0.2) is 37.5 Å². The smallest absolute Gasteiger partial charge is 0.396 e. The third-order valence-corrected chi connectivity index (χ3v) is 1.95. The number of esters is 1. The van der Waals surface area contributed by atoms with Crippen molar-refractivity contribution in [2.24, 2.45) is 0 Å². The van der Waals surface area contributed by atoms with Gasteiger partial charge < -0.3 is 15.4 Å². The number of carbonyl (C=O) groups excluding carboxylic acids is 3. The predicted molar refractivity (Wildman–Crippen MR) is 50.8 cm³/mol.